The zero-order valence-corrected chi connectivity index (χ0v) is 18.1. The van der Waals surface area contributed by atoms with Crippen molar-refractivity contribution in [3.8, 4) is 5.75 Å². The van der Waals surface area contributed by atoms with Crippen molar-refractivity contribution in [3.05, 3.63) is 70.7 Å². The highest BCUT2D eigenvalue weighted by Crippen LogP contribution is 2.31. The van der Waals surface area contributed by atoms with Crippen molar-refractivity contribution in [1.29, 1.82) is 0 Å². The van der Waals surface area contributed by atoms with Gasteiger partial charge >= 0.3 is 0 Å². The SMILES string of the molecule is CCc1ccc(OCC(=O)Nc2ccc3c(c2)c2ccccc2n3CC)c(Br)c1. The normalized spacial score (nSPS) is 11.1. The van der Waals surface area contributed by atoms with Crippen LogP contribution in [0.1, 0.15) is 19.4 Å². The minimum atomic E-state index is -0.185. The van der Waals surface area contributed by atoms with Crippen LogP contribution in [0.15, 0.2) is 65.1 Å². The Kier molecular flexibility index (Phi) is 5.58. The Bertz CT molecular complexity index is 1200. The van der Waals surface area contributed by atoms with Crippen LogP contribution in [0.25, 0.3) is 21.8 Å². The Morgan fingerprint density at radius 2 is 1.79 bits per heavy atom. The summed E-state index contributed by atoms with van der Waals surface area (Å²) in [6.07, 6.45) is 0.955. The number of para-hydroxylation sites is 1. The number of hydrogen-bond acceptors (Lipinski definition) is 2. The highest BCUT2D eigenvalue weighted by molar-refractivity contribution is 9.10. The number of aromatic nitrogens is 1. The standard InChI is InChI=1S/C24H23BrN2O2/c1-3-16-9-12-23(20(25)13-16)29-15-24(28)26-17-10-11-22-19(14-17)18-7-5-6-8-21(18)27(22)4-2/h5-14H,3-4,15H2,1-2H3,(H,26,28). The fraction of sp³-hybridized carbons (Fsp3) is 0.208. The van der Waals surface area contributed by atoms with E-state index in [9.17, 15) is 4.79 Å². The van der Waals surface area contributed by atoms with Gasteiger partial charge in [0.15, 0.2) is 6.61 Å². The number of hydrogen-bond donors (Lipinski definition) is 1. The van der Waals surface area contributed by atoms with Crippen LogP contribution in [0.5, 0.6) is 5.75 Å². The molecule has 0 saturated heterocycles. The molecule has 5 heteroatoms. The van der Waals surface area contributed by atoms with E-state index in [2.05, 4.69) is 63.9 Å². The fourth-order valence-electron chi connectivity index (χ4n) is 3.69. The molecule has 0 atom stereocenters. The monoisotopic (exact) mass is 450 g/mol. The Balaban J connectivity index is 1.52. The topological polar surface area (TPSA) is 43.3 Å². The van der Waals surface area contributed by atoms with Gasteiger partial charge in [-0.1, -0.05) is 31.2 Å². The van der Waals surface area contributed by atoms with Crippen LogP contribution < -0.4 is 10.1 Å². The van der Waals surface area contributed by atoms with E-state index >= 15 is 0 Å². The molecule has 0 aliphatic carbocycles. The summed E-state index contributed by atoms with van der Waals surface area (Å²) in [5.41, 5.74) is 4.36. The van der Waals surface area contributed by atoms with Crippen molar-refractivity contribution >= 4 is 49.3 Å². The Morgan fingerprint density at radius 3 is 2.55 bits per heavy atom. The predicted octanol–water partition coefficient (Wildman–Crippen LogP) is 6.16. The lowest BCUT2D eigenvalue weighted by Gasteiger charge is -2.10. The third kappa shape index (κ3) is 3.87. The van der Waals surface area contributed by atoms with Crippen LogP contribution in [0.3, 0.4) is 0 Å². The maximum atomic E-state index is 12.4. The largest absolute Gasteiger partial charge is 0.483 e. The average molecular weight is 451 g/mol. The van der Waals surface area contributed by atoms with E-state index in [1.807, 2.05) is 36.4 Å². The number of carbonyl (C=O) groups is 1. The molecule has 3 aromatic carbocycles. The van der Waals surface area contributed by atoms with Gasteiger partial charge in [0.25, 0.3) is 5.91 Å². The lowest BCUT2D eigenvalue weighted by Crippen LogP contribution is -2.20. The molecule has 1 aromatic heterocycles. The summed E-state index contributed by atoms with van der Waals surface area (Å²) in [4.78, 5) is 12.4. The van der Waals surface area contributed by atoms with Crippen LogP contribution in [0.2, 0.25) is 0 Å². The van der Waals surface area contributed by atoms with Crippen LogP contribution in [-0.2, 0) is 17.8 Å². The van der Waals surface area contributed by atoms with Crippen LogP contribution >= 0.6 is 15.9 Å². The Morgan fingerprint density at radius 1 is 1.00 bits per heavy atom. The van der Waals surface area contributed by atoms with E-state index in [4.69, 9.17) is 4.74 Å². The van der Waals surface area contributed by atoms with Crippen molar-refractivity contribution in [3.63, 3.8) is 0 Å². The summed E-state index contributed by atoms with van der Waals surface area (Å²) in [6.45, 7) is 5.10. The van der Waals surface area contributed by atoms with Gasteiger partial charge < -0.3 is 14.6 Å². The number of aryl methyl sites for hydroxylation is 2. The van der Waals surface area contributed by atoms with Gasteiger partial charge in [0.2, 0.25) is 0 Å². The number of ether oxygens (including phenoxy) is 1. The third-order valence-corrected chi connectivity index (χ3v) is 5.76. The second kappa shape index (κ2) is 8.29. The lowest BCUT2D eigenvalue weighted by atomic mass is 10.1. The van der Waals surface area contributed by atoms with Crippen molar-refractivity contribution in [2.75, 3.05) is 11.9 Å². The molecule has 4 aromatic rings. The van der Waals surface area contributed by atoms with Crippen molar-refractivity contribution in [2.45, 2.75) is 26.8 Å². The summed E-state index contributed by atoms with van der Waals surface area (Å²) in [7, 11) is 0. The van der Waals surface area contributed by atoms with E-state index < -0.39 is 0 Å². The first-order chi connectivity index (χ1) is 14.1. The van der Waals surface area contributed by atoms with Gasteiger partial charge in [0.05, 0.1) is 4.47 Å². The summed E-state index contributed by atoms with van der Waals surface area (Å²) in [5, 5.41) is 5.28. The number of halogens is 1. The lowest BCUT2D eigenvalue weighted by molar-refractivity contribution is -0.118. The van der Waals surface area contributed by atoms with Crippen LogP contribution in [0, 0.1) is 0 Å². The van der Waals surface area contributed by atoms with Gasteiger partial charge in [-0.25, -0.2) is 0 Å². The number of anilines is 1. The first-order valence-electron chi connectivity index (χ1n) is 9.82. The molecule has 1 amide bonds. The van der Waals surface area contributed by atoms with Gasteiger partial charge in [-0.2, -0.15) is 0 Å². The van der Waals surface area contributed by atoms with Crippen molar-refractivity contribution < 1.29 is 9.53 Å². The zero-order chi connectivity index (χ0) is 20.4. The van der Waals surface area contributed by atoms with Gasteiger partial charge in [-0.05, 0) is 71.2 Å². The highest BCUT2D eigenvalue weighted by atomic mass is 79.9. The molecule has 4 nitrogen and oxygen atoms in total. The van der Waals surface area contributed by atoms with E-state index in [0.29, 0.717) is 5.75 Å². The maximum Gasteiger partial charge on any atom is 0.262 e. The minimum Gasteiger partial charge on any atom is -0.483 e. The van der Waals surface area contributed by atoms with Gasteiger partial charge in [0.1, 0.15) is 5.75 Å². The molecular weight excluding hydrogens is 428 g/mol. The number of fused-ring (bicyclic) bond motifs is 3. The van der Waals surface area contributed by atoms with E-state index in [0.717, 1.165) is 28.5 Å². The number of rotatable bonds is 6. The first-order valence-corrected chi connectivity index (χ1v) is 10.6. The van der Waals surface area contributed by atoms with Crippen molar-refractivity contribution in [1.82, 2.24) is 4.57 Å². The third-order valence-electron chi connectivity index (χ3n) is 5.14. The molecule has 4 rings (SSSR count). The predicted molar refractivity (Wildman–Crippen MR) is 123 cm³/mol. The number of benzene rings is 3. The summed E-state index contributed by atoms with van der Waals surface area (Å²) < 4.78 is 8.83. The van der Waals surface area contributed by atoms with Gasteiger partial charge in [-0.3, -0.25) is 4.79 Å². The smallest absolute Gasteiger partial charge is 0.262 e. The van der Waals surface area contributed by atoms with E-state index in [1.165, 1.54) is 22.0 Å². The number of amides is 1. The Hall–Kier alpha value is -2.79. The molecule has 0 unspecified atom stereocenters. The molecule has 0 radical (unpaired) electrons. The average Bonchev–Trinajstić information content (AvgIpc) is 3.06. The molecule has 1 heterocycles. The molecule has 1 N–H and O–H groups in total. The molecule has 0 aliphatic rings. The molecule has 148 valence electrons. The molecular formula is C24H23BrN2O2. The van der Waals surface area contributed by atoms with Crippen molar-refractivity contribution in [2.24, 2.45) is 0 Å². The van der Waals surface area contributed by atoms with Gasteiger partial charge in [0, 0.05) is 34.0 Å². The second-order valence-electron chi connectivity index (χ2n) is 6.95. The second-order valence-corrected chi connectivity index (χ2v) is 7.80. The highest BCUT2D eigenvalue weighted by Gasteiger charge is 2.11. The fourth-order valence-corrected chi connectivity index (χ4v) is 4.23. The maximum absolute atomic E-state index is 12.4. The quantitative estimate of drug-likeness (QED) is 0.382. The molecule has 0 spiro atoms. The van der Waals surface area contributed by atoms with Gasteiger partial charge in [-0.15, -0.1) is 0 Å². The molecule has 0 aliphatic heterocycles. The van der Waals surface area contributed by atoms with Crippen LogP contribution in [0.4, 0.5) is 5.69 Å². The number of nitrogens with zero attached hydrogens (tertiary/aromatic N) is 1. The minimum absolute atomic E-state index is 0.0428. The van der Waals surface area contributed by atoms with E-state index in [1.54, 1.807) is 0 Å². The van der Waals surface area contributed by atoms with Crippen LogP contribution in [-0.4, -0.2) is 17.1 Å². The number of carbonyl (C=O) groups excluding carboxylic acids is 1. The summed E-state index contributed by atoms with van der Waals surface area (Å²) in [6, 6.07) is 20.3. The molecule has 0 bridgehead atoms. The summed E-state index contributed by atoms with van der Waals surface area (Å²) in [5.74, 6) is 0.480. The molecule has 0 fully saturated rings. The summed E-state index contributed by atoms with van der Waals surface area (Å²) >= 11 is 3.51. The zero-order valence-electron chi connectivity index (χ0n) is 16.5. The molecule has 0 saturated carbocycles. The molecule has 29 heavy (non-hydrogen) atoms. The van der Waals surface area contributed by atoms with E-state index in [-0.39, 0.29) is 12.5 Å². The number of nitrogens with one attached hydrogen (secondary N) is 1. The first kappa shape index (κ1) is 19.5. The Labute approximate surface area is 178 Å².